The van der Waals surface area contributed by atoms with Gasteiger partial charge in [-0.2, -0.15) is 0 Å². The number of carbonyl (C=O) groups is 1. The average Bonchev–Trinajstić information content (AvgIpc) is 3.13. The summed E-state index contributed by atoms with van der Waals surface area (Å²) in [5.41, 5.74) is 0. The van der Waals surface area contributed by atoms with Crippen LogP contribution in [0.1, 0.15) is 39.5 Å². The van der Waals surface area contributed by atoms with Gasteiger partial charge >= 0.3 is 5.97 Å². The van der Waals surface area contributed by atoms with Crippen molar-refractivity contribution in [2.45, 2.75) is 51.7 Å². The zero-order chi connectivity index (χ0) is 18.4. The highest BCUT2D eigenvalue weighted by molar-refractivity contribution is 14.0. The lowest BCUT2D eigenvalue weighted by Gasteiger charge is -2.36. The Kier molecular flexibility index (Phi) is 9.58. The van der Waals surface area contributed by atoms with Gasteiger partial charge in [0.1, 0.15) is 0 Å². The van der Waals surface area contributed by atoms with E-state index in [-0.39, 0.29) is 42.0 Å². The van der Waals surface area contributed by atoms with Gasteiger partial charge in [0, 0.05) is 32.2 Å². The van der Waals surface area contributed by atoms with Crippen LogP contribution in [0.25, 0.3) is 0 Å². The Bertz CT molecular complexity index is 505. The monoisotopic (exact) mass is 494 g/mol. The first-order chi connectivity index (χ1) is 12.7. The van der Waals surface area contributed by atoms with E-state index in [1.807, 2.05) is 6.92 Å². The van der Waals surface area contributed by atoms with Gasteiger partial charge in [0.25, 0.3) is 0 Å². The zero-order valence-electron chi connectivity index (χ0n) is 16.7. The molecule has 0 amide bonds. The van der Waals surface area contributed by atoms with Gasteiger partial charge in [0.2, 0.25) is 0 Å². The van der Waals surface area contributed by atoms with Crippen molar-refractivity contribution in [3.8, 4) is 0 Å². The molecule has 0 radical (unpaired) electrons. The fourth-order valence-corrected chi connectivity index (χ4v) is 4.23. The standard InChI is InChI=1S/C19H34N4O3.HI/c1-3-20-19(23-10-5-7-15(12-23)18(24)25-4-2)21-11-17-13-22-9-6-8-16(22)14-26-17;/h15-17H,3-14H2,1-2H3,(H,20,21);1H. The number of hydrogen-bond acceptors (Lipinski definition) is 5. The summed E-state index contributed by atoms with van der Waals surface area (Å²) in [6.07, 6.45) is 4.61. The van der Waals surface area contributed by atoms with E-state index in [1.165, 1.54) is 19.4 Å². The number of hydrogen-bond donors (Lipinski definition) is 1. The van der Waals surface area contributed by atoms with Gasteiger partial charge in [-0.15, -0.1) is 24.0 Å². The molecule has 3 heterocycles. The van der Waals surface area contributed by atoms with E-state index in [9.17, 15) is 4.79 Å². The summed E-state index contributed by atoms with van der Waals surface area (Å²) in [4.78, 5) is 21.7. The van der Waals surface area contributed by atoms with Crippen LogP contribution in [0.3, 0.4) is 0 Å². The van der Waals surface area contributed by atoms with Crippen LogP contribution in [0.2, 0.25) is 0 Å². The quantitative estimate of drug-likeness (QED) is 0.272. The summed E-state index contributed by atoms with van der Waals surface area (Å²) < 4.78 is 11.2. The lowest BCUT2D eigenvalue weighted by Crippen LogP contribution is -2.50. The lowest BCUT2D eigenvalue weighted by atomic mass is 9.98. The Morgan fingerprint density at radius 2 is 2.04 bits per heavy atom. The first kappa shape index (κ1) is 22.7. The van der Waals surface area contributed by atoms with Crippen molar-refractivity contribution in [2.24, 2.45) is 10.9 Å². The van der Waals surface area contributed by atoms with E-state index in [1.54, 1.807) is 0 Å². The van der Waals surface area contributed by atoms with Crippen molar-refractivity contribution >= 4 is 35.9 Å². The molecule has 3 aliphatic heterocycles. The maximum absolute atomic E-state index is 12.1. The van der Waals surface area contributed by atoms with Crippen molar-refractivity contribution in [3.63, 3.8) is 0 Å². The molecule has 3 saturated heterocycles. The number of piperidine rings is 1. The summed E-state index contributed by atoms with van der Waals surface area (Å²) in [5, 5.41) is 3.38. The van der Waals surface area contributed by atoms with Crippen molar-refractivity contribution in [2.75, 3.05) is 52.5 Å². The van der Waals surface area contributed by atoms with E-state index < -0.39 is 0 Å². The molecule has 1 N–H and O–H groups in total. The molecule has 3 aliphatic rings. The fraction of sp³-hybridized carbons (Fsp3) is 0.895. The second-order valence-electron chi connectivity index (χ2n) is 7.48. The van der Waals surface area contributed by atoms with E-state index in [0.29, 0.717) is 25.7 Å². The topological polar surface area (TPSA) is 66.4 Å². The number of rotatable bonds is 5. The zero-order valence-corrected chi connectivity index (χ0v) is 19.0. The molecule has 0 spiro atoms. The molecule has 0 saturated carbocycles. The van der Waals surface area contributed by atoms with E-state index in [0.717, 1.165) is 45.0 Å². The van der Waals surface area contributed by atoms with Gasteiger partial charge in [-0.25, -0.2) is 0 Å². The van der Waals surface area contributed by atoms with Gasteiger partial charge in [0.05, 0.1) is 31.8 Å². The largest absolute Gasteiger partial charge is 0.466 e. The minimum atomic E-state index is -0.0799. The predicted octanol–water partition coefficient (Wildman–Crippen LogP) is 1.71. The molecule has 27 heavy (non-hydrogen) atoms. The van der Waals surface area contributed by atoms with Crippen LogP contribution in [0.15, 0.2) is 4.99 Å². The minimum absolute atomic E-state index is 0. The average molecular weight is 494 g/mol. The number of fused-ring (bicyclic) bond motifs is 1. The molecular formula is C19H35IN4O3. The molecule has 8 heteroatoms. The number of carbonyl (C=O) groups excluding carboxylic acids is 1. The number of esters is 1. The van der Waals surface area contributed by atoms with Crippen molar-refractivity contribution in [1.82, 2.24) is 15.1 Å². The highest BCUT2D eigenvalue weighted by Crippen LogP contribution is 2.23. The lowest BCUT2D eigenvalue weighted by molar-refractivity contribution is -0.149. The number of nitrogens with zero attached hydrogens (tertiary/aromatic N) is 3. The van der Waals surface area contributed by atoms with Crippen LogP contribution in [0.5, 0.6) is 0 Å². The Hall–Kier alpha value is -0.610. The summed E-state index contributed by atoms with van der Waals surface area (Å²) in [7, 11) is 0. The highest BCUT2D eigenvalue weighted by Gasteiger charge is 2.32. The molecule has 3 rings (SSSR count). The number of halogens is 1. The first-order valence-electron chi connectivity index (χ1n) is 10.3. The third-order valence-corrected chi connectivity index (χ3v) is 5.58. The smallest absolute Gasteiger partial charge is 0.310 e. The number of nitrogens with one attached hydrogen (secondary N) is 1. The predicted molar refractivity (Wildman–Crippen MR) is 117 cm³/mol. The van der Waals surface area contributed by atoms with E-state index in [2.05, 4.69) is 22.0 Å². The van der Waals surface area contributed by atoms with Crippen molar-refractivity contribution < 1.29 is 14.3 Å². The molecule has 0 aromatic carbocycles. The summed E-state index contributed by atoms with van der Waals surface area (Å²) in [5.74, 6) is 0.765. The van der Waals surface area contributed by atoms with E-state index in [4.69, 9.17) is 14.5 Å². The Morgan fingerprint density at radius 1 is 1.22 bits per heavy atom. The number of likely N-dealkylation sites (tertiary alicyclic amines) is 1. The Morgan fingerprint density at radius 3 is 2.81 bits per heavy atom. The second-order valence-corrected chi connectivity index (χ2v) is 7.48. The molecule has 7 nitrogen and oxygen atoms in total. The van der Waals surface area contributed by atoms with Gasteiger partial charge < -0.3 is 19.7 Å². The van der Waals surface area contributed by atoms with Gasteiger partial charge in [-0.3, -0.25) is 14.7 Å². The summed E-state index contributed by atoms with van der Waals surface area (Å²) in [6.45, 7) is 10.5. The maximum Gasteiger partial charge on any atom is 0.310 e. The SMILES string of the molecule is CCNC(=NCC1CN2CCCC2CO1)N1CCCC(C(=O)OCC)C1.I. The Balaban J connectivity index is 0.00000261. The summed E-state index contributed by atoms with van der Waals surface area (Å²) in [6, 6.07) is 0.621. The van der Waals surface area contributed by atoms with E-state index >= 15 is 0 Å². The van der Waals surface area contributed by atoms with Crippen LogP contribution in [0, 0.1) is 5.92 Å². The minimum Gasteiger partial charge on any atom is -0.466 e. The van der Waals surface area contributed by atoms with Gasteiger partial charge in [0.15, 0.2) is 5.96 Å². The third-order valence-electron chi connectivity index (χ3n) is 5.58. The van der Waals surface area contributed by atoms with Crippen LogP contribution in [-0.4, -0.2) is 86.4 Å². The normalized spacial score (nSPS) is 29.0. The second kappa shape index (κ2) is 11.4. The molecule has 3 unspecified atom stereocenters. The molecule has 0 aliphatic carbocycles. The summed E-state index contributed by atoms with van der Waals surface area (Å²) >= 11 is 0. The van der Waals surface area contributed by atoms with Crippen molar-refractivity contribution in [3.05, 3.63) is 0 Å². The molecule has 0 bridgehead atoms. The Labute approximate surface area is 180 Å². The van der Waals surface area contributed by atoms with Crippen LogP contribution in [0.4, 0.5) is 0 Å². The van der Waals surface area contributed by atoms with Crippen LogP contribution >= 0.6 is 24.0 Å². The third kappa shape index (κ3) is 6.19. The molecule has 3 fully saturated rings. The molecule has 156 valence electrons. The van der Waals surface area contributed by atoms with Crippen LogP contribution < -0.4 is 5.32 Å². The molecule has 3 atom stereocenters. The highest BCUT2D eigenvalue weighted by atomic mass is 127. The maximum atomic E-state index is 12.1. The van der Waals surface area contributed by atoms with Gasteiger partial charge in [-0.05, 0) is 46.1 Å². The number of aliphatic imine (C=N–C) groups is 1. The van der Waals surface area contributed by atoms with Crippen LogP contribution in [-0.2, 0) is 14.3 Å². The number of ether oxygens (including phenoxy) is 2. The first-order valence-corrected chi connectivity index (χ1v) is 10.3. The number of guanidine groups is 1. The molecule has 0 aromatic heterocycles. The molecular weight excluding hydrogens is 459 g/mol. The molecule has 0 aromatic rings. The fourth-order valence-electron chi connectivity index (χ4n) is 4.23. The van der Waals surface area contributed by atoms with Gasteiger partial charge in [-0.1, -0.05) is 0 Å². The number of morpholine rings is 1. The van der Waals surface area contributed by atoms with Crippen molar-refractivity contribution in [1.29, 1.82) is 0 Å².